The minimum atomic E-state index is -0.383. The van der Waals surface area contributed by atoms with Crippen molar-refractivity contribution < 1.29 is 4.39 Å². The molecule has 0 saturated heterocycles. The van der Waals surface area contributed by atoms with Crippen LogP contribution in [0.1, 0.15) is 18.2 Å². The highest BCUT2D eigenvalue weighted by atomic mass is 35.5. The zero-order valence-corrected chi connectivity index (χ0v) is 11.6. The lowest BCUT2D eigenvalue weighted by Crippen LogP contribution is -2.16. The van der Waals surface area contributed by atoms with Crippen LogP contribution in [0.5, 0.6) is 0 Å². The summed E-state index contributed by atoms with van der Waals surface area (Å²) in [5.74, 6) is -0.383. The average Bonchev–Trinajstić information content (AvgIpc) is 2.83. The van der Waals surface area contributed by atoms with Crippen LogP contribution in [0.2, 0.25) is 5.02 Å². The fourth-order valence-corrected chi connectivity index (χ4v) is 2.07. The Balaban J connectivity index is 2.01. The largest absolute Gasteiger partial charge is 0.333 e. The maximum absolute atomic E-state index is 13.3. The van der Waals surface area contributed by atoms with Crippen molar-refractivity contribution in [2.24, 2.45) is 0 Å². The maximum atomic E-state index is 13.3. The van der Waals surface area contributed by atoms with Gasteiger partial charge in [0, 0.05) is 19.2 Å². The topological polar surface area (TPSA) is 29.9 Å². The average molecular weight is 282 g/mol. The van der Waals surface area contributed by atoms with Crippen LogP contribution in [-0.4, -0.2) is 22.6 Å². The molecule has 0 spiro atoms. The summed E-state index contributed by atoms with van der Waals surface area (Å²) in [6.45, 7) is 4.48. The van der Waals surface area contributed by atoms with Crippen LogP contribution in [0.25, 0.3) is 0 Å². The standard InChI is InChI=1S/C14H17ClFN3/c1-2-17-7-6-12-9-19(10-18-12)8-11-4-3-5-13(16)14(11)15/h3-5,9-10,17H,2,6-8H2,1H3. The van der Waals surface area contributed by atoms with E-state index in [0.29, 0.717) is 6.54 Å². The van der Waals surface area contributed by atoms with Crippen molar-refractivity contribution in [1.82, 2.24) is 14.9 Å². The van der Waals surface area contributed by atoms with Gasteiger partial charge in [-0.3, -0.25) is 0 Å². The number of halogens is 2. The molecule has 3 nitrogen and oxygen atoms in total. The molecule has 0 atom stereocenters. The molecule has 0 unspecified atom stereocenters. The first-order valence-electron chi connectivity index (χ1n) is 6.35. The van der Waals surface area contributed by atoms with E-state index in [2.05, 4.69) is 17.2 Å². The first-order valence-corrected chi connectivity index (χ1v) is 6.72. The van der Waals surface area contributed by atoms with Crippen molar-refractivity contribution in [3.8, 4) is 0 Å². The van der Waals surface area contributed by atoms with Crippen LogP contribution in [0.4, 0.5) is 4.39 Å². The molecular formula is C14H17ClFN3. The number of hydrogen-bond donors (Lipinski definition) is 1. The van der Waals surface area contributed by atoms with Crippen molar-refractivity contribution >= 4 is 11.6 Å². The van der Waals surface area contributed by atoms with Gasteiger partial charge in [-0.25, -0.2) is 9.37 Å². The Kier molecular flexibility index (Phi) is 4.93. The van der Waals surface area contributed by atoms with Gasteiger partial charge in [-0.1, -0.05) is 30.7 Å². The SMILES string of the molecule is CCNCCc1cn(Cc2cccc(F)c2Cl)cn1. The quantitative estimate of drug-likeness (QED) is 0.825. The highest BCUT2D eigenvalue weighted by Crippen LogP contribution is 2.20. The summed E-state index contributed by atoms with van der Waals surface area (Å²) in [7, 11) is 0. The summed E-state index contributed by atoms with van der Waals surface area (Å²) in [5, 5.41) is 3.44. The lowest BCUT2D eigenvalue weighted by Gasteiger charge is -2.05. The molecule has 0 aliphatic heterocycles. The first-order chi connectivity index (χ1) is 9.20. The van der Waals surface area contributed by atoms with E-state index in [9.17, 15) is 4.39 Å². The predicted octanol–water partition coefficient (Wildman–Crippen LogP) is 2.88. The molecule has 0 saturated carbocycles. The Morgan fingerprint density at radius 1 is 1.42 bits per heavy atom. The molecule has 5 heteroatoms. The van der Waals surface area contributed by atoms with E-state index < -0.39 is 0 Å². The Morgan fingerprint density at radius 3 is 3.05 bits per heavy atom. The lowest BCUT2D eigenvalue weighted by molar-refractivity contribution is 0.624. The minimum Gasteiger partial charge on any atom is -0.333 e. The molecule has 1 aromatic heterocycles. The number of benzene rings is 1. The number of nitrogens with zero attached hydrogens (tertiary/aromatic N) is 2. The number of likely N-dealkylation sites (N-methyl/N-ethyl adjacent to an activating group) is 1. The monoisotopic (exact) mass is 281 g/mol. The van der Waals surface area contributed by atoms with E-state index >= 15 is 0 Å². The molecule has 2 rings (SSSR count). The van der Waals surface area contributed by atoms with Gasteiger partial charge in [0.25, 0.3) is 0 Å². The van der Waals surface area contributed by atoms with Gasteiger partial charge in [0.05, 0.1) is 23.6 Å². The molecule has 1 N–H and O–H groups in total. The third kappa shape index (κ3) is 3.78. The molecule has 0 amide bonds. The van der Waals surface area contributed by atoms with Gasteiger partial charge in [0.15, 0.2) is 0 Å². The third-order valence-corrected chi connectivity index (χ3v) is 3.30. The van der Waals surface area contributed by atoms with Crippen molar-refractivity contribution in [2.75, 3.05) is 13.1 Å². The highest BCUT2D eigenvalue weighted by Gasteiger charge is 2.06. The fraction of sp³-hybridized carbons (Fsp3) is 0.357. The smallest absolute Gasteiger partial charge is 0.142 e. The zero-order valence-electron chi connectivity index (χ0n) is 10.9. The number of nitrogens with one attached hydrogen (secondary N) is 1. The predicted molar refractivity (Wildman–Crippen MR) is 75.0 cm³/mol. The number of hydrogen-bond acceptors (Lipinski definition) is 2. The molecule has 0 fully saturated rings. The normalized spacial score (nSPS) is 10.9. The minimum absolute atomic E-state index is 0.186. The van der Waals surface area contributed by atoms with Crippen LogP contribution >= 0.6 is 11.6 Å². The van der Waals surface area contributed by atoms with Crippen LogP contribution in [-0.2, 0) is 13.0 Å². The Labute approximate surface area is 117 Å². The molecule has 19 heavy (non-hydrogen) atoms. The van der Waals surface area contributed by atoms with Crippen molar-refractivity contribution in [2.45, 2.75) is 19.9 Å². The first kappa shape index (κ1) is 14.0. The summed E-state index contributed by atoms with van der Waals surface area (Å²) in [4.78, 5) is 4.32. The van der Waals surface area contributed by atoms with E-state index in [0.717, 1.165) is 30.8 Å². The van der Waals surface area contributed by atoms with Gasteiger partial charge in [0.2, 0.25) is 0 Å². The molecule has 0 radical (unpaired) electrons. The highest BCUT2D eigenvalue weighted by molar-refractivity contribution is 6.31. The number of imidazole rings is 1. The molecule has 0 aliphatic rings. The lowest BCUT2D eigenvalue weighted by atomic mass is 10.2. The van der Waals surface area contributed by atoms with Crippen LogP contribution in [0, 0.1) is 5.82 Å². The zero-order chi connectivity index (χ0) is 13.7. The Morgan fingerprint density at radius 2 is 2.26 bits per heavy atom. The molecule has 2 aromatic rings. The summed E-state index contributed by atoms with van der Waals surface area (Å²) >= 11 is 5.93. The Bertz CT molecular complexity index is 539. The van der Waals surface area contributed by atoms with Gasteiger partial charge in [0.1, 0.15) is 5.82 Å². The van der Waals surface area contributed by atoms with Crippen molar-refractivity contribution in [3.63, 3.8) is 0 Å². The third-order valence-electron chi connectivity index (χ3n) is 2.88. The van der Waals surface area contributed by atoms with Gasteiger partial charge >= 0.3 is 0 Å². The van der Waals surface area contributed by atoms with E-state index in [1.54, 1.807) is 12.4 Å². The molecule has 1 aromatic carbocycles. The second kappa shape index (κ2) is 6.68. The number of aromatic nitrogens is 2. The maximum Gasteiger partial charge on any atom is 0.142 e. The van der Waals surface area contributed by atoms with Gasteiger partial charge in [-0.15, -0.1) is 0 Å². The van der Waals surface area contributed by atoms with Crippen molar-refractivity contribution in [1.29, 1.82) is 0 Å². The van der Waals surface area contributed by atoms with Gasteiger partial charge in [-0.2, -0.15) is 0 Å². The van der Waals surface area contributed by atoms with Gasteiger partial charge in [-0.05, 0) is 18.2 Å². The van der Waals surface area contributed by atoms with Crippen molar-refractivity contribution in [3.05, 3.63) is 52.8 Å². The summed E-state index contributed by atoms with van der Waals surface area (Å²) in [5.41, 5.74) is 1.78. The van der Waals surface area contributed by atoms with E-state index in [-0.39, 0.29) is 10.8 Å². The summed E-state index contributed by atoms with van der Waals surface area (Å²) in [6.07, 6.45) is 4.61. The summed E-state index contributed by atoms with van der Waals surface area (Å²) < 4.78 is 15.2. The Hall–Kier alpha value is -1.39. The molecule has 0 aliphatic carbocycles. The van der Waals surface area contributed by atoms with Crippen LogP contribution < -0.4 is 5.32 Å². The summed E-state index contributed by atoms with van der Waals surface area (Å²) in [6, 6.07) is 4.85. The van der Waals surface area contributed by atoms with Crippen LogP contribution in [0.3, 0.4) is 0 Å². The van der Waals surface area contributed by atoms with E-state index in [1.807, 2.05) is 16.8 Å². The molecule has 0 bridgehead atoms. The molecule has 1 heterocycles. The number of rotatable bonds is 6. The van der Waals surface area contributed by atoms with E-state index in [1.165, 1.54) is 6.07 Å². The fourth-order valence-electron chi connectivity index (χ4n) is 1.88. The van der Waals surface area contributed by atoms with E-state index in [4.69, 9.17) is 11.6 Å². The molecular weight excluding hydrogens is 265 g/mol. The second-order valence-electron chi connectivity index (χ2n) is 4.35. The second-order valence-corrected chi connectivity index (χ2v) is 4.73. The molecule has 102 valence electrons. The van der Waals surface area contributed by atoms with Crippen LogP contribution in [0.15, 0.2) is 30.7 Å². The van der Waals surface area contributed by atoms with Gasteiger partial charge < -0.3 is 9.88 Å².